The summed E-state index contributed by atoms with van der Waals surface area (Å²) in [6.45, 7) is 7.31. The quantitative estimate of drug-likeness (QED) is 0.729. The van der Waals surface area contributed by atoms with Crippen molar-refractivity contribution in [2.24, 2.45) is 0 Å². The van der Waals surface area contributed by atoms with Gasteiger partial charge in [0.05, 0.1) is 4.90 Å². The first-order valence-corrected chi connectivity index (χ1v) is 8.51. The molecule has 0 fully saturated rings. The van der Waals surface area contributed by atoms with Crippen LogP contribution in [0.3, 0.4) is 0 Å². The van der Waals surface area contributed by atoms with Crippen molar-refractivity contribution in [2.45, 2.75) is 25.2 Å². The van der Waals surface area contributed by atoms with Crippen LogP contribution < -0.4 is 10.0 Å². The molecule has 0 aromatic heterocycles. The lowest BCUT2D eigenvalue weighted by Crippen LogP contribution is -2.35. The smallest absolute Gasteiger partial charge is 0.240 e. The molecule has 20 heavy (non-hydrogen) atoms. The Hall–Kier alpha value is -1.11. The lowest BCUT2D eigenvalue weighted by Gasteiger charge is -2.19. The molecule has 0 bridgehead atoms. The lowest BCUT2D eigenvalue weighted by atomic mass is 10.3. The normalized spacial score (nSPS) is 11.8. The first kappa shape index (κ1) is 16.9. The third kappa shape index (κ3) is 5.11. The molecule has 1 rings (SSSR count). The van der Waals surface area contributed by atoms with Gasteiger partial charge < -0.3 is 10.2 Å². The van der Waals surface area contributed by atoms with Crippen molar-refractivity contribution in [1.82, 2.24) is 9.62 Å². The van der Waals surface area contributed by atoms with Gasteiger partial charge in [-0.25, -0.2) is 13.1 Å². The summed E-state index contributed by atoms with van der Waals surface area (Å²) < 4.78 is 26.9. The van der Waals surface area contributed by atoms with Crippen LogP contribution in [-0.2, 0) is 10.0 Å². The summed E-state index contributed by atoms with van der Waals surface area (Å²) in [4.78, 5) is 2.53. The zero-order chi connectivity index (χ0) is 15.0. The number of nitrogens with zero attached hydrogens (tertiary/aromatic N) is 1. The highest BCUT2D eigenvalue weighted by molar-refractivity contribution is 7.89. The van der Waals surface area contributed by atoms with Gasteiger partial charge in [0.25, 0.3) is 0 Å². The third-order valence-electron chi connectivity index (χ3n) is 3.16. The van der Waals surface area contributed by atoms with Crippen molar-refractivity contribution in [3.63, 3.8) is 0 Å². The van der Waals surface area contributed by atoms with Crippen LogP contribution in [0.25, 0.3) is 0 Å². The van der Waals surface area contributed by atoms with Crippen molar-refractivity contribution in [2.75, 3.05) is 38.5 Å². The van der Waals surface area contributed by atoms with E-state index < -0.39 is 10.0 Å². The zero-order valence-electron chi connectivity index (χ0n) is 12.5. The Balaban J connectivity index is 2.56. The van der Waals surface area contributed by atoms with Gasteiger partial charge in [0.2, 0.25) is 10.0 Å². The number of hydrogen-bond acceptors (Lipinski definition) is 4. The van der Waals surface area contributed by atoms with Crippen molar-refractivity contribution in [3.8, 4) is 0 Å². The Morgan fingerprint density at radius 1 is 1.10 bits per heavy atom. The molecule has 0 heterocycles. The van der Waals surface area contributed by atoms with E-state index in [0.717, 1.165) is 31.7 Å². The Morgan fingerprint density at radius 3 is 2.25 bits per heavy atom. The van der Waals surface area contributed by atoms with E-state index in [1.54, 1.807) is 31.3 Å². The van der Waals surface area contributed by atoms with Gasteiger partial charge in [0, 0.05) is 25.8 Å². The predicted molar refractivity (Wildman–Crippen MR) is 83.6 cm³/mol. The molecule has 0 radical (unpaired) electrons. The summed E-state index contributed by atoms with van der Waals surface area (Å²) in [6.07, 6.45) is 1.08. The first-order valence-electron chi connectivity index (χ1n) is 7.03. The van der Waals surface area contributed by atoms with E-state index >= 15 is 0 Å². The Morgan fingerprint density at radius 2 is 1.75 bits per heavy atom. The fourth-order valence-corrected chi connectivity index (χ4v) is 2.99. The highest BCUT2D eigenvalue weighted by atomic mass is 32.2. The summed E-state index contributed by atoms with van der Waals surface area (Å²) in [6, 6.07) is 6.73. The number of sulfonamides is 1. The van der Waals surface area contributed by atoms with Gasteiger partial charge in [0.1, 0.15) is 0 Å². The molecule has 0 saturated heterocycles. The number of nitrogens with one attached hydrogen (secondary N) is 2. The van der Waals surface area contributed by atoms with Crippen LogP contribution in [0.15, 0.2) is 29.2 Å². The molecule has 2 N–H and O–H groups in total. The van der Waals surface area contributed by atoms with Gasteiger partial charge in [-0.3, -0.25) is 0 Å². The Kier molecular flexibility index (Phi) is 6.98. The van der Waals surface area contributed by atoms with E-state index in [1.807, 2.05) is 0 Å². The standard InChI is InChI=1S/C14H25N3O2S/c1-4-11-17(5-2)12-10-16-20(18,19)14-8-6-13(15-3)7-9-14/h6-9,15-16H,4-5,10-12H2,1-3H3. The summed E-state index contributed by atoms with van der Waals surface area (Å²) in [5.41, 5.74) is 0.893. The second-order valence-electron chi connectivity index (χ2n) is 4.61. The third-order valence-corrected chi connectivity index (χ3v) is 4.64. The minimum absolute atomic E-state index is 0.301. The number of rotatable bonds is 9. The van der Waals surface area contributed by atoms with E-state index in [9.17, 15) is 8.42 Å². The molecule has 5 nitrogen and oxygen atoms in total. The molecule has 0 saturated carbocycles. The van der Waals surface area contributed by atoms with Gasteiger partial charge in [-0.05, 0) is 43.8 Å². The maximum Gasteiger partial charge on any atom is 0.240 e. The van der Waals surface area contributed by atoms with Crippen molar-refractivity contribution in [3.05, 3.63) is 24.3 Å². The number of hydrogen-bond donors (Lipinski definition) is 2. The summed E-state index contributed by atoms with van der Waals surface area (Å²) in [7, 11) is -1.61. The molecule has 0 unspecified atom stereocenters. The van der Waals surface area contributed by atoms with Gasteiger partial charge in [-0.2, -0.15) is 0 Å². The average molecular weight is 299 g/mol. The number of likely N-dealkylation sites (N-methyl/N-ethyl adjacent to an activating group) is 1. The van der Waals surface area contributed by atoms with E-state index in [2.05, 4.69) is 28.8 Å². The fourth-order valence-electron chi connectivity index (χ4n) is 1.97. The molecule has 1 aromatic carbocycles. The van der Waals surface area contributed by atoms with Crippen molar-refractivity contribution >= 4 is 15.7 Å². The molecule has 0 aliphatic rings. The van der Waals surface area contributed by atoms with Crippen LogP contribution in [0, 0.1) is 0 Å². The monoisotopic (exact) mass is 299 g/mol. The van der Waals surface area contributed by atoms with E-state index in [-0.39, 0.29) is 0 Å². The highest BCUT2D eigenvalue weighted by Crippen LogP contribution is 2.13. The van der Waals surface area contributed by atoms with Gasteiger partial charge >= 0.3 is 0 Å². The second-order valence-corrected chi connectivity index (χ2v) is 6.37. The maximum atomic E-state index is 12.1. The molecular weight excluding hydrogens is 274 g/mol. The van der Waals surface area contributed by atoms with Gasteiger partial charge in [-0.1, -0.05) is 13.8 Å². The second kappa shape index (κ2) is 8.24. The van der Waals surface area contributed by atoms with Crippen LogP contribution >= 0.6 is 0 Å². The Labute approximate surface area is 122 Å². The molecule has 6 heteroatoms. The molecular formula is C14H25N3O2S. The summed E-state index contributed by atoms with van der Waals surface area (Å²) in [5.74, 6) is 0. The molecule has 0 atom stereocenters. The summed E-state index contributed by atoms with van der Waals surface area (Å²) >= 11 is 0. The maximum absolute atomic E-state index is 12.1. The molecule has 0 aliphatic carbocycles. The van der Waals surface area contributed by atoms with Gasteiger partial charge in [0.15, 0.2) is 0 Å². The lowest BCUT2D eigenvalue weighted by molar-refractivity contribution is 0.293. The van der Waals surface area contributed by atoms with E-state index in [4.69, 9.17) is 0 Å². The first-order chi connectivity index (χ1) is 9.53. The SMILES string of the molecule is CCCN(CC)CCNS(=O)(=O)c1ccc(NC)cc1. The van der Waals surface area contributed by atoms with Crippen molar-refractivity contribution < 1.29 is 8.42 Å². The fraction of sp³-hybridized carbons (Fsp3) is 0.571. The highest BCUT2D eigenvalue weighted by Gasteiger charge is 2.13. The predicted octanol–water partition coefficient (Wildman–Crippen LogP) is 1.74. The van der Waals surface area contributed by atoms with E-state index in [0.29, 0.717) is 11.4 Å². The number of benzene rings is 1. The Bertz CT molecular complexity index is 486. The van der Waals surface area contributed by atoms with Crippen LogP contribution in [0.4, 0.5) is 5.69 Å². The molecule has 0 amide bonds. The van der Waals surface area contributed by atoms with Crippen LogP contribution in [0.5, 0.6) is 0 Å². The summed E-state index contributed by atoms with van der Waals surface area (Å²) in [5, 5.41) is 2.96. The average Bonchev–Trinajstić information content (AvgIpc) is 2.46. The van der Waals surface area contributed by atoms with Gasteiger partial charge in [-0.15, -0.1) is 0 Å². The largest absolute Gasteiger partial charge is 0.388 e. The van der Waals surface area contributed by atoms with E-state index in [1.165, 1.54) is 0 Å². The van der Waals surface area contributed by atoms with Crippen LogP contribution in [-0.4, -0.2) is 46.5 Å². The minimum Gasteiger partial charge on any atom is -0.388 e. The molecule has 0 aliphatic heterocycles. The zero-order valence-corrected chi connectivity index (χ0v) is 13.3. The van der Waals surface area contributed by atoms with Crippen LogP contribution in [0.2, 0.25) is 0 Å². The van der Waals surface area contributed by atoms with Crippen molar-refractivity contribution in [1.29, 1.82) is 0 Å². The molecule has 114 valence electrons. The molecule has 0 spiro atoms. The topological polar surface area (TPSA) is 61.4 Å². The van der Waals surface area contributed by atoms with Crippen LogP contribution in [0.1, 0.15) is 20.3 Å². The minimum atomic E-state index is -3.41. The molecule has 1 aromatic rings. The number of anilines is 1.